The van der Waals surface area contributed by atoms with E-state index in [1.165, 1.54) is 12.1 Å². The summed E-state index contributed by atoms with van der Waals surface area (Å²) in [6, 6.07) is 12.7. The summed E-state index contributed by atoms with van der Waals surface area (Å²) in [4.78, 5) is 20.1. The van der Waals surface area contributed by atoms with Crippen LogP contribution in [0, 0.1) is 12.7 Å². The number of carbonyl (C=O) groups is 1. The molecule has 0 radical (unpaired) electrons. The molecule has 0 unspecified atom stereocenters. The van der Waals surface area contributed by atoms with Crippen LogP contribution in [0.4, 0.5) is 4.39 Å². The number of fused-ring (bicyclic) bond motifs is 1. The molecule has 1 saturated heterocycles. The number of thiazole rings is 1. The van der Waals surface area contributed by atoms with Crippen molar-refractivity contribution in [2.75, 3.05) is 18.8 Å². The summed E-state index contributed by atoms with van der Waals surface area (Å²) >= 11 is 3.25. The third-order valence-electron chi connectivity index (χ3n) is 5.28. The molecule has 3 aromatic rings. The fourth-order valence-electron chi connectivity index (χ4n) is 3.58. The Morgan fingerprint density at radius 3 is 2.73 bits per heavy atom. The summed E-state index contributed by atoms with van der Waals surface area (Å²) in [5.41, 5.74) is 2.18. The van der Waals surface area contributed by atoms with Crippen LogP contribution in [0.25, 0.3) is 10.2 Å². The third-order valence-corrected chi connectivity index (χ3v) is 7.29. The van der Waals surface area contributed by atoms with E-state index in [4.69, 9.17) is 4.74 Å². The van der Waals surface area contributed by atoms with E-state index in [0.29, 0.717) is 6.42 Å². The Morgan fingerprint density at radius 2 is 2.00 bits per heavy atom. The maximum atomic E-state index is 12.9. The highest BCUT2D eigenvalue weighted by atomic mass is 32.2. The molecule has 0 bridgehead atoms. The minimum absolute atomic E-state index is 0.115. The summed E-state index contributed by atoms with van der Waals surface area (Å²) in [6.45, 7) is 3.53. The number of thioether (sulfide) groups is 1. The van der Waals surface area contributed by atoms with Gasteiger partial charge in [-0.15, -0.1) is 11.8 Å². The van der Waals surface area contributed by atoms with E-state index >= 15 is 0 Å². The number of benzene rings is 2. The molecule has 0 aliphatic carbocycles. The van der Waals surface area contributed by atoms with Gasteiger partial charge in [0.2, 0.25) is 5.91 Å². The lowest BCUT2D eigenvalue weighted by Crippen LogP contribution is -2.41. The van der Waals surface area contributed by atoms with Crippen LogP contribution in [0.3, 0.4) is 0 Å². The first-order chi connectivity index (χ1) is 14.6. The number of carbonyl (C=O) groups excluding carboxylic acids is 1. The van der Waals surface area contributed by atoms with Crippen LogP contribution in [0.15, 0.2) is 47.4 Å². The molecule has 0 spiro atoms. The molecule has 2 aromatic carbocycles. The van der Waals surface area contributed by atoms with Crippen molar-refractivity contribution in [2.24, 2.45) is 0 Å². The molecular formula is C23H25FN2O2S2. The second-order valence-electron chi connectivity index (χ2n) is 7.51. The van der Waals surface area contributed by atoms with Crippen LogP contribution in [-0.2, 0) is 4.79 Å². The highest BCUT2D eigenvalue weighted by Gasteiger charge is 2.24. The number of nitrogens with zero attached hydrogens (tertiary/aromatic N) is 2. The molecule has 0 N–H and O–H groups in total. The minimum Gasteiger partial charge on any atom is -0.467 e. The summed E-state index contributed by atoms with van der Waals surface area (Å²) in [7, 11) is 0. The zero-order chi connectivity index (χ0) is 20.9. The molecule has 1 aliphatic rings. The number of para-hydroxylation sites is 1. The Morgan fingerprint density at radius 1 is 1.23 bits per heavy atom. The number of piperidine rings is 1. The van der Waals surface area contributed by atoms with Crippen LogP contribution in [0.1, 0.15) is 31.2 Å². The van der Waals surface area contributed by atoms with Gasteiger partial charge in [-0.3, -0.25) is 4.79 Å². The van der Waals surface area contributed by atoms with Gasteiger partial charge in [-0.05, 0) is 55.0 Å². The molecular weight excluding hydrogens is 419 g/mol. The SMILES string of the molecule is Cc1cccc2sc(OC3CCN(C(=O)CCCSc4ccc(F)cc4)CC3)nc12. The molecule has 1 aliphatic heterocycles. The second-order valence-corrected chi connectivity index (χ2v) is 9.67. The quantitative estimate of drug-likeness (QED) is 0.347. The monoisotopic (exact) mass is 444 g/mol. The standard InChI is InChI=1S/C23H25FN2O2S2/c1-16-4-2-5-20-22(16)25-23(30-20)28-18-11-13-26(14-12-18)21(27)6-3-15-29-19-9-7-17(24)8-10-19/h2,4-5,7-10,18H,3,6,11-15H2,1H3. The topological polar surface area (TPSA) is 42.4 Å². The minimum atomic E-state index is -0.222. The largest absolute Gasteiger partial charge is 0.467 e. The Kier molecular flexibility index (Phi) is 6.89. The smallest absolute Gasteiger partial charge is 0.274 e. The van der Waals surface area contributed by atoms with Crippen molar-refractivity contribution in [3.05, 3.63) is 53.8 Å². The van der Waals surface area contributed by atoms with E-state index < -0.39 is 0 Å². The number of amides is 1. The van der Waals surface area contributed by atoms with Gasteiger partial charge >= 0.3 is 0 Å². The van der Waals surface area contributed by atoms with Crippen LogP contribution in [0.2, 0.25) is 0 Å². The van der Waals surface area contributed by atoms with Gasteiger partial charge < -0.3 is 9.64 Å². The average molecular weight is 445 g/mol. The molecule has 1 aromatic heterocycles. The first kappa shape index (κ1) is 21.1. The molecule has 4 rings (SSSR count). The van der Waals surface area contributed by atoms with Crippen molar-refractivity contribution in [1.82, 2.24) is 9.88 Å². The van der Waals surface area contributed by atoms with Gasteiger partial charge in [-0.2, -0.15) is 0 Å². The van der Waals surface area contributed by atoms with Gasteiger partial charge in [-0.1, -0.05) is 23.5 Å². The maximum Gasteiger partial charge on any atom is 0.274 e. The van der Waals surface area contributed by atoms with E-state index in [1.807, 2.05) is 11.0 Å². The van der Waals surface area contributed by atoms with Crippen LogP contribution < -0.4 is 4.74 Å². The van der Waals surface area contributed by atoms with E-state index in [0.717, 1.165) is 64.0 Å². The normalized spacial score (nSPS) is 14.9. The Bertz CT molecular complexity index is 998. The lowest BCUT2D eigenvalue weighted by molar-refractivity contribution is -0.133. The van der Waals surface area contributed by atoms with Crippen molar-refractivity contribution >= 4 is 39.2 Å². The van der Waals surface area contributed by atoms with Gasteiger partial charge in [0.25, 0.3) is 5.19 Å². The Balaban J connectivity index is 1.18. The zero-order valence-corrected chi connectivity index (χ0v) is 18.6. The lowest BCUT2D eigenvalue weighted by atomic mass is 10.1. The Hall–Kier alpha value is -2.12. The van der Waals surface area contributed by atoms with Crippen molar-refractivity contribution in [1.29, 1.82) is 0 Å². The maximum absolute atomic E-state index is 12.9. The summed E-state index contributed by atoms with van der Waals surface area (Å²) in [5.74, 6) is 0.845. The summed E-state index contributed by atoms with van der Waals surface area (Å²) < 4.78 is 20.2. The third kappa shape index (κ3) is 5.32. The molecule has 4 nitrogen and oxygen atoms in total. The molecule has 2 heterocycles. The summed E-state index contributed by atoms with van der Waals surface area (Å²) in [5, 5.41) is 0.724. The van der Waals surface area contributed by atoms with Crippen molar-refractivity contribution in [3.63, 3.8) is 0 Å². The van der Waals surface area contributed by atoms with E-state index in [9.17, 15) is 9.18 Å². The van der Waals surface area contributed by atoms with Gasteiger partial charge in [0.1, 0.15) is 11.9 Å². The fraction of sp³-hybridized carbons (Fsp3) is 0.391. The highest BCUT2D eigenvalue weighted by molar-refractivity contribution is 7.99. The van der Waals surface area contributed by atoms with Crippen molar-refractivity contribution in [2.45, 2.75) is 43.6 Å². The van der Waals surface area contributed by atoms with E-state index in [-0.39, 0.29) is 17.8 Å². The second kappa shape index (κ2) is 9.79. The number of hydrogen-bond acceptors (Lipinski definition) is 5. The predicted octanol–water partition coefficient (Wildman–Crippen LogP) is 5.69. The fourth-order valence-corrected chi connectivity index (χ4v) is 5.40. The number of halogens is 1. The van der Waals surface area contributed by atoms with Gasteiger partial charge in [0.05, 0.1) is 10.2 Å². The van der Waals surface area contributed by atoms with E-state index in [1.54, 1.807) is 35.2 Å². The number of aryl methyl sites for hydroxylation is 1. The predicted molar refractivity (Wildman–Crippen MR) is 121 cm³/mol. The molecule has 30 heavy (non-hydrogen) atoms. The molecule has 1 amide bonds. The van der Waals surface area contributed by atoms with Crippen LogP contribution >= 0.6 is 23.1 Å². The van der Waals surface area contributed by atoms with Crippen molar-refractivity contribution in [3.8, 4) is 5.19 Å². The lowest BCUT2D eigenvalue weighted by Gasteiger charge is -2.31. The van der Waals surface area contributed by atoms with Gasteiger partial charge in [-0.25, -0.2) is 9.37 Å². The molecule has 7 heteroatoms. The number of aromatic nitrogens is 1. The van der Waals surface area contributed by atoms with E-state index in [2.05, 4.69) is 24.0 Å². The first-order valence-electron chi connectivity index (χ1n) is 10.3. The summed E-state index contributed by atoms with van der Waals surface area (Å²) in [6.07, 6.45) is 3.17. The molecule has 1 fully saturated rings. The van der Waals surface area contributed by atoms with Gasteiger partial charge in [0.15, 0.2) is 0 Å². The number of likely N-dealkylation sites (tertiary alicyclic amines) is 1. The van der Waals surface area contributed by atoms with Crippen LogP contribution in [-0.4, -0.2) is 40.7 Å². The zero-order valence-electron chi connectivity index (χ0n) is 17.0. The number of rotatable bonds is 7. The van der Waals surface area contributed by atoms with Crippen LogP contribution in [0.5, 0.6) is 5.19 Å². The van der Waals surface area contributed by atoms with Gasteiger partial charge in [0, 0.05) is 37.2 Å². The number of ether oxygens (including phenoxy) is 1. The Labute approximate surface area is 184 Å². The van der Waals surface area contributed by atoms with Crippen molar-refractivity contribution < 1.29 is 13.9 Å². The molecule has 158 valence electrons. The average Bonchev–Trinajstić information content (AvgIpc) is 3.17. The highest BCUT2D eigenvalue weighted by Crippen LogP contribution is 2.31. The molecule has 0 atom stereocenters. The number of hydrogen-bond donors (Lipinski definition) is 0. The molecule has 0 saturated carbocycles. The first-order valence-corrected chi connectivity index (χ1v) is 12.1.